The van der Waals surface area contributed by atoms with Crippen LogP contribution in [0.3, 0.4) is 0 Å². The molecule has 2 amide bonds. The van der Waals surface area contributed by atoms with Crippen molar-refractivity contribution >= 4 is 28.9 Å². The Labute approximate surface area is 173 Å². The molecule has 1 saturated heterocycles. The third-order valence-corrected chi connectivity index (χ3v) is 5.20. The number of amides is 2. The lowest BCUT2D eigenvalue weighted by molar-refractivity contribution is -0.123. The maximum absolute atomic E-state index is 12.4. The van der Waals surface area contributed by atoms with E-state index in [2.05, 4.69) is 36.3 Å². The highest BCUT2D eigenvalue weighted by Gasteiger charge is 2.19. The maximum Gasteiger partial charge on any atom is 0.233 e. The fraction of sp³-hybridized carbons (Fsp3) is 0.417. The topological polar surface area (TPSA) is 61.4 Å². The zero-order valence-electron chi connectivity index (χ0n) is 17.6. The number of benzene rings is 2. The van der Waals surface area contributed by atoms with Crippen molar-refractivity contribution in [2.75, 3.05) is 28.6 Å². The van der Waals surface area contributed by atoms with Gasteiger partial charge in [0.25, 0.3) is 0 Å². The molecule has 1 aliphatic heterocycles. The van der Waals surface area contributed by atoms with Gasteiger partial charge in [0.2, 0.25) is 11.8 Å². The van der Waals surface area contributed by atoms with E-state index in [0.29, 0.717) is 5.69 Å². The third kappa shape index (κ3) is 5.83. The number of hydrogen-bond acceptors (Lipinski definition) is 3. The van der Waals surface area contributed by atoms with Crippen LogP contribution in [0.1, 0.15) is 52.0 Å². The average molecular weight is 394 g/mol. The molecule has 2 aromatic carbocycles. The second-order valence-corrected chi connectivity index (χ2v) is 8.66. The van der Waals surface area contributed by atoms with Crippen LogP contribution in [0.5, 0.6) is 0 Å². The van der Waals surface area contributed by atoms with Gasteiger partial charge in [-0.1, -0.05) is 39.0 Å². The largest absolute Gasteiger partial charge is 0.372 e. The first-order chi connectivity index (χ1) is 13.8. The molecular weight excluding hydrogens is 362 g/mol. The summed E-state index contributed by atoms with van der Waals surface area (Å²) in [5.41, 5.74) is 3.59. The molecule has 29 heavy (non-hydrogen) atoms. The van der Waals surface area contributed by atoms with Crippen molar-refractivity contribution < 1.29 is 9.59 Å². The lowest BCUT2D eigenvalue weighted by atomic mass is 9.86. The summed E-state index contributed by atoms with van der Waals surface area (Å²) in [6.07, 6.45) is 3.54. The number of piperidine rings is 1. The molecule has 2 aromatic rings. The van der Waals surface area contributed by atoms with Crippen molar-refractivity contribution in [2.24, 2.45) is 0 Å². The molecule has 0 aromatic heterocycles. The molecular formula is C24H31N3O2. The normalized spacial score (nSPS) is 14.4. The van der Waals surface area contributed by atoms with E-state index in [1.54, 1.807) is 0 Å². The van der Waals surface area contributed by atoms with Crippen LogP contribution < -0.4 is 15.5 Å². The summed E-state index contributed by atoms with van der Waals surface area (Å²) in [5.74, 6) is -0.634. The van der Waals surface area contributed by atoms with Crippen LogP contribution in [0.15, 0.2) is 48.5 Å². The smallest absolute Gasteiger partial charge is 0.233 e. The van der Waals surface area contributed by atoms with E-state index in [4.69, 9.17) is 0 Å². The molecule has 2 N–H and O–H groups in total. The standard InChI is InChI=1S/C24H31N3O2/c1-24(2,3)20-9-5-6-10-21(20)26-23(29)17-22(28)25-18-11-13-19(14-12-18)27-15-7-4-8-16-27/h5-6,9-14H,4,7-8,15-17H2,1-3H3,(H,25,28)(H,26,29). The van der Waals surface area contributed by atoms with Gasteiger partial charge in [-0.2, -0.15) is 0 Å². The predicted molar refractivity (Wildman–Crippen MR) is 120 cm³/mol. The molecule has 0 radical (unpaired) electrons. The van der Waals surface area contributed by atoms with E-state index in [-0.39, 0.29) is 23.7 Å². The number of nitrogens with one attached hydrogen (secondary N) is 2. The van der Waals surface area contributed by atoms with Crippen LogP contribution in [-0.2, 0) is 15.0 Å². The zero-order valence-corrected chi connectivity index (χ0v) is 17.6. The molecule has 1 heterocycles. The Morgan fingerprint density at radius 1 is 0.862 bits per heavy atom. The van der Waals surface area contributed by atoms with Crippen molar-refractivity contribution in [3.8, 4) is 0 Å². The molecule has 5 nitrogen and oxygen atoms in total. The van der Waals surface area contributed by atoms with Crippen molar-refractivity contribution in [1.29, 1.82) is 0 Å². The molecule has 0 saturated carbocycles. The minimum atomic E-state index is -0.318. The van der Waals surface area contributed by atoms with Crippen LogP contribution >= 0.6 is 0 Å². The summed E-state index contributed by atoms with van der Waals surface area (Å²) in [6, 6.07) is 15.6. The van der Waals surface area contributed by atoms with Gasteiger partial charge >= 0.3 is 0 Å². The molecule has 0 spiro atoms. The van der Waals surface area contributed by atoms with Crippen LogP contribution in [0.2, 0.25) is 0 Å². The lowest BCUT2D eigenvalue weighted by Crippen LogP contribution is -2.29. The van der Waals surface area contributed by atoms with Crippen molar-refractivity contribution in [2.45, 2.75) is 51.9 Å². The quantitative estimate of drug-likeness (QED) is 0.707. The van der Waals surface area contributed by atoms with Gasteiger partial charge in [0.1, 0.15) is 6.42 Å². The highest BCUT2D eigenvalue weighted by atomic mass is 16.2. The summed E-state index contributed by atoms with van der Waals surface area (Å²) < 4.78 is 0. The number of carbonyl (C=O) groups is 2. The van der Waals surface area contributed by atoms with Crippen LogP contribution in [-0.4, -0.2) is 24.9 Å². The molecule has 1 aliphatic rings. The second-order valence-electron chi connectivity index (χ2n) is 8.66. The van der Waals surface area contributed by atoms with Crippen molar-refractivity contribution in [1.82, 2.24) is 0 Å². The van der Waals surface area contributed by atoms with E-state index in [0.717, 1.165) is 24.3 Å². The molecule has 3 rings (SSSR count). The SMILES string of the molecule is CC(C)(C)c1ccccc1NC(=O)CC(=O)Nc1ccc(N2CCCCC2)cc1. The van der Waals surface area contributed by atoms with E-state index in [1.807, 2.05) is 48.5 Å². The Morgan fingerprint density at radius 3 is 2.14 bits per heavy atom. The molecule has 0 bridgehead atoms. The van der Waals surface area contributed by atoms with Gasteiger partial charge in [-0.15, -0.1) is 0 Å². The first-order valence-corrected chi connectivity index (χ1v) is 10.4. The minimum absolute atomic E-state index is 0.0950. The summed E-state index contributed by atoms with van der Waals surface area (Å²) in [5, 5.41) is 5.69. The summed E-state index contributed by atoms with van der Waals surface area (Å²) in [4.78, 5) is 27.0. The zero-order chi connectivity index (χ0) is 20.9. The van der Waals surface area contributed by atoms with Crippen LogP contribution in [0.25, 0.3) is 0 Å². The monoisotopic (exact) mass is 393 g/mol. The molecule has 0 aliphatic carbocycles. The first kappa shape index (κ1) is 20.9. The maximum atomic E-state index is 12.4. The Morgan fingerprint density at radius 2 is 1.48 bits per heavy atom. The number of hydrogen-bond donors (Lipinski definition) is 2. The number of carbonyl (C=O) groups excluding carboxylic acids is 2. The molecule has 0 unspecified atom stereocenters. The third-order valence-electron chi connectivity index (χ3n) is 5.20. The molecule has 1 fully saturated rings. The number of anilines is 3. The fourth-order valence-electron chi connectivity index (χ4n) is 3.70. The summed E-state index contributed by atoms with van der Waals surface area (Å²) in [7, 11) is 0. The lowest BCUT2D eigenvalue weighted by Gasteiger charge is -2.28. The number of rotatable bonds is 5. The van der Waals surface area contributed by atoms with E-state index in [1.165, 1.54) is 24.9 Å². The van der Waals surface area contributed by atoms with E-state index < -0.39 is 0 Å². The van der Waals surface area contributed by atoms with E-state index >= 15 is 0 Å². The Kier molecular flexibility index (Phi) is 6.57. The number of nitrogens with zero attached hydrogens (tertiary/aromatic N) is 1. The minimum Gasteiger partial charge on any atom is -0.372 e. The highest BCUT2D eigenvalue weighted by Crippen LogP contribution is 2.29. The average Bonchev–Trinajstić information content (AvgIpc) is 2.68. The van der Waals surface area contributed by atoms with Crippen molar-refractivity contribution in [3.05, 3.63) is 54.1 Å². The summed E-state index contributed by atoms with van der Waals surface area (Å²) >= 11 is 0. The molecule has 154 valence electrons. The van der Waals surface area contributed by atoms with Crippen molar-refractivity contribution in [3.63, 3.8) is 0 Å². The highest BCUT2D eigenvalue weighted by molar-refractivity contribution is 6.08. The van der Waals surface area contributed by atoms with Gasteiger partial charge in [-0.3, -0.25) is 9.59 Å². The Balaban J connectivity index is 1.55. The second kappa shape index (κ2) is 9.12. The summed E-state index contributed by atoms with van der Waals surface area (Å²) in [6.45, 7) is 8.46. The number of para-hydroxylation sites is 1. The van der Waals surface area contributed by atoms with Crippen LogP contribution in [0, 0.1) is 0 Å². The van der Waals surface area contributed by atoms with Crippen LogP contribution in [0.4, 0.5) is 17.1 Å². The van der Waals surface area contributed by atoms with Gasteiger partial charge in [0.05, 0.1) is 0 Å². The first-order valence-electron chi connectivity index (χ1n) is 10.4. The van der Waals surface area contributed by atoms with Gasteiger partial charge in [0.15, 0.2) is 0 Å². The molecule has 0 atom stereocenters. The van der Waals surface area contributed by atoms with Gasteiger partial charge in [0, 0.05) is 30.2 Å². The van der Waals surface area contributed by atoms with Gasteiger partial charge in [-0.25, -0.2) is 0 Å². The fourth-order valence-corrected chi connectivity index (χ4v) is 3.70. The molecule has 5 heteroatoms. The predicted octanol–water partition coefficient (Wildman–Crippen LogP) is 4.94. The van der Waals surface area contributed by atoms with Gasteiger partial charge in [-0.05, 0) is 60.6 Å². The Hall–Kier alpha value is -2.82. The van der Waals surface area contributed by atoms with Gasteiger partial charge < -0.3 is 15.5 Å². The van der Waals surface area contributed by atoms with E-state index in [9.17, 15) is 9.59 Å². The Bertz CT molecular complexity index is 847.